The fraction of sp³-hybridized carbons (Fsp3) is 1.00. The fourth-order valence-corrected chi connectivity index (χ4v) is 0.621. The van der Waals surface area contributed by atoms with Crippen molar-refractivity contribution in [1.82, 2.24) is 0 Å². The molecule has 1 aliphatic rings. The highest BCUT2D eigenvalue weighted by Gasteiger charge is 2.14. The van der Waals surface area contributed by atoms with Gasteiger partial charge in [0.25, 0.3) is 0 Å². The molecular weight excluding hydrogens is 87.1 g/mol. The summed E-state index contributed by atoms with van der Waals surface area (Å²) in [6.45, 7) is 0. The summed E-state index contributed by atoms with van der Waals surface area (Å²) in [5.74, 6) is 1.03. The van der Waals surface area contributed by atoms with Crippen molar-refractivity contribution < 1.29 is 4.39 Å². The Morgan fingerprint density at radius 2 is 2.20 bits per heavy atom. The van der Waals surface area contributed by atoms with Gasteiger partial charge in [-0.1, -0.05) is 0 Å². The van der Waals surface area contributed by atoms with Crippen molar-refractivity contribution in [1.29, 1.82) is 0 Å². The largest absolute Gasteiger partial charge is 0.236 e. The molecule has 0 aromatic carbocycles. The van der Waals surface area contributed by atoms with Gasteiger partial charge in [0.2, 0.25) is 0 Å². The molecule has 0 nitrogen and oxygen atoms in total. The number of thioether (sulfide) groups is 1. The van der Waals surface area contributed by atoms with Crippen molar-refractivity contribution in [3.63, 3.8) is 0 Å². The molecule has 0 aliphatic carbocycles. The number of hydrogen-bond donors (Lipinski definition) is 0. The van der Waals surface area contributed by atoms with E-state index >= 15 is 0 Å². The molecule has 0 bridgehead atoms. The second kappa shape index (κ2) is 1.17. The Bertz CT molecular complexity index is 33.9. The lowest BCUT2D eigenvalue weighted by Gasteiger charge is -2.14. The Morgan fingerprint density at radius 1 is 1.80 bits per heavy atom. The van der Waals surface area contributed by atoms with Crippen molar-refractivity contribution >= 4 is 11.8 Å². The molecule has 1 unspecified atom stereocenters. The molecule has 1 heterocycles. The summed E-state index contributed by atoms with van der Waals surface area (Å²) in [6.07, 6.45) is 0.782. The van der Waals surface area contributed by atoms with Crippen LogP contribution in [0.3, 0.4) is 0 Å². The fourth-order valence-electron chi connectivity index (χ4n) is 0.207. The van der Waals surface area contributed by atoms with Crippen LogP contribution in [0.25, 0.3) is 0 Å². The monoisotopic (exact) mass is 92.0 g/mol. The topological polar surface area (TPSA) is 0 Å². The Morgan fingerprint density at radius 3 is 2.20 bits per heavy atom. The lowest BCUT2D eigenvalue weighted by atomic mass is 10.5. The van der Waals surface area contributed by atoms with Gasteiger partial charge >= 0.3 is 0 Å². The summed E-state index contributed by atoms with van der Waals surface area (Å²) in [7, 11) is 0. The van der Waals surface area contributed by atoms with Crippen LogP contribution in [0.1, 0.15) is 6.42 Å². The van der Waals surface area contributed by atoms with Crippen molar-refractivity contribution in [2.45, 2.75) is 11.9 Å². The molecule has 0 aromatic rings. The zero-order valence-electron chi connectivity index (χ0n) is 2.78. The zero-order chi connectivity index (χ0) is 3.70. The van der Waals surface area contributed by atoms with Gasteiger partial charge in [-0.3, -0.25) is 0 Å². The first-order valence-electron chi connectivity index (χ1n) is 1.65. The first-order chi connectivity index (χ1) is 2.39. The molecule has 0 aromatic heterocycles. The third-order valence-corrected chi connectivity index (χ3v) is 1.71. The first kappa shape index (κ1) is 3.47. The van der Waals surface area contributed by atoms with Crippen LogP contribution in [-0.2, 0) is 0 Å². The molecule has 30 valence electrons. The first-order valence-corrected chi connectivity index (χ1v) is 2.70. The number of rotatable bonds is 0. The maximum atomic E-state index is 11.5. The van der Waals surface area contributed by atoms with E-state index in [4.69, 9.17) is 0 Å². The maximum absolute atomic E-state index is 11.5. The molecule has 1 rings (SSSR count). The van der Waals surface area contributed by atoms with Gasteiger partial charge in [0.1, 0.15) is 5.50 Å². The normalized spacial score (nSPS) is 36.6. The molecule has 1 saturated heterocycles. The van der Waals surface area contributed by atoms with Gasteiger partial charge in [-0.15, -0.1) is 11.8 Å². The number of alkyl halides is 1. The molecule has 0 spiro atoms. The van der Waals surface area contributed by atoms with E-state index in [0.29, 0.717) is 0 Å². The van der Waals surface area contributed by atoms with E-state index in [-0.39, 0.29) is 0 Å². The summed E-state index contributed by atoms with van der Waals surface area (Å²) in [5.41, 5.74) is -0.519. The van der Waals surface area contributed by atoms with Crippen LogP contribution in [0.5, 0.6) is 0 Å². The second-order valence-corrected chi connectivity index (χ2v) is 2.32. The highest BCUT2D eigenvalue weighted by molar-refractivity contribution is 8.01. The summed E-state index contributed by atoms with van der Waals surface area (Å²) >= 11 is 1.39. The molecular formula is C3H5FS. The predicted octanol–water partition coefficient (Wildman–Crippen LogP) is 1.42. The summed E-state index contributed by atoms with van der Waals surface area (Å²) in [6, 6.07) is 0. The second-order valence-electron chi connectivity index (χ2n) is 1.07. The minimum Gasteiger partial charge on any atom is -0.236 e. The number of halogens is 1. The Hall–Kier alpha value is 0.280. The Kier molecular flexibility index (Phi) is 0.810. The van der Waals surface area contributed by atoms with Crippen molar-refractivity contribution in [2.75, 3.05) is 5.75 Å². The lowest BCUT2D eigenvalue weighted by molar-refractivity contribution is 0.424. The summed E-state index contributed by atoms with van der Waals surface area (Å²) in [4.78, 5) is 0. The average Bonchev–Trinajstić information content (AvgIpc) is 1.30. The predicted molar refractivity (Wildman–Crippen MR) is 22.0 cm³/mol. The highest BCUT2D eigenvalue weighted by atomic mass is 32.2. The van der Waals surface area contributed by atoms with Gasteiger partial charge in [0.15, 0.2) is 0 Å². The van der Waals surface area contributed by atoms with Gasteiger partial charge in [0.05, 0.1) is 0 Å². The SMILES string of the molecule is FC1CCS1. The lowest BCUT2D eigenvalue weighted by Crippen LogP contribution is -2.07. The zero-order valence-corrected chi connectivity index (χ0v) is 3.59. The van der Waals surface area contributed by atoms with Crippen LogP contribution in [0, 0.1) is 0 Å². The molecule has 0 saturated carbocycles. The Balaban J connectivity index is 2.08. The van der Waals surface area contributed by atoms with Gasteiger partial charge < -0.3 is 0 Å². The molecule has 5 heavy (non-hydrogen) atoms. The average molecular weight is 92.1 g/mol. The molecule has 1 fully saturated rings. The molecule has 0 radical (unpaired) electrons. The Labute approximate surface area is 34.8 Å². The van der Waals surface area contributed by atoms with Gasteiger partial charge in [-0.2, -0.15) is 0 Å². The van der Waals surface area contributed by atoms with Gasteiger partial charge in [-0.05, 0) is 12.2 Å². The van der Waals surface area contributed by atoms with E-state index in [9.17, 15) is 4.39 Å². The van der Waals surface area contributed by atoms with E-state index in [1.165, 1.54) is 11.8 Å². The highest BCUT2D eigenvalue weighted by Crippen LogP contribution is 2.27. The minimum absolute atomic E-state index is 0.519. The third kappa shape index (κ3) is 0.564. The molecule has 0 N–H and O–H groups in total. The van der Waals surface area contributed by atoms with Crippen molar-refractivity contribution in [3.8, 4) is 0 Å². The molecule has 0 amide bonds. The van der Waals surface area contributed by atoms with E-state index in [2.05, 4.69) is 0 Å². The molecule has 1 aliphatic heterocycles. The van der Waals surface area contributed by atoms with E-state index in [1.807, 2.05) is 0 Å². The number of hydrogen-bond acceptors (Lipinski definition) is 1. The van der Waals surface area contributed by atoms with E-state index in [1.54, 1.807) is 0 Å². The van der Waals surface area contributed by atoms with Crippen LogP contribution in [0.15, 0.2) is 0 Å². The molecule has 2 heteroatoms. The maximum Gasteiger partial charge on any atom is 0.146 e. The molecule has 1 atom stereocenters. The smallest absolute Gasteiger partial charge is 0.146 e. The van der Waals surface area contributed by atoms with Gasteiger partial charge in [0, 0.05) is 0 Å². The van der Waals surface area contributed by atoms with Crippen molar-refractivity contribution in [3.05, 3.63) is 0 Å². The van der Waals surface area contributed by atoms with Crippen LogP contribution in [0.4, 0.5) is 4.39 Å². The summed E-state index contributed by atoms with van der Waals surface area (Å²) < 4.78 is 11.5. The standard InChI is InChI=1S/C3H5FS/c4-3-1-2-5-3/h3H,1-2H2. The van der Waals surface area contributed by atoms with E-state index in [0.717, 1.165) is 12.2 Å². The van der Waals surface area contributed by atoms with Crippen molar-refractivity contribution in [2.24, 2.45) is 0 Å². The minimum atomic E-state index is -0.519. The third-order valence-electron chi connectivity index (χ3n) is 0.644. The van der Waals surface area contributed by atoms with Crippen LogP contribution >= 0.6 is 11.8 Å². The van der Waals surface area contributed by atoms with Crippen LogP contribution < -0.4 is 0 Å². The summed E-state index contributed by atoms with van der Waals surface area (Å²) in [5, 5.41) is 0. The van der Waals surface area contributed by atoms with Crippen LogP contribution in [-0.4, -0.2) is 11.3 Å². The quantitative estimate of drug-likeness (QED) is 0.435. The van der Waals surface area contributed by atoms with Gasteiger partial charge in [-0.25, -0.2) is 4.39 Å². The van der Waals surface area contributed by atoms with E-state index < -0.39 is 5.50 Å². The van der Waals surface area contributed by atoms with Crippen LogP contribution in [0.2, 0.25) is 0 Å².